The average Bonchev–Trinajstić information content (AvgIpc) is 3.14. The number of rotatable bonds is 4. The van der Waals surface area contributed by atoms with Gasteiger partial charge >= 0.3 is 0 Å². The number of primary amides is 1. The van der Waals surface area contributed by atoms with E-state index in [0.717, 1.165) is 36.8 Å². The molecule has 0 spiro atoms. The molecule has 3 rings (SSSR count). The standard InChI is InChI=1S/C18H19N3O2S2/c1-2-10-6-8-11(9-7-10)16(23)20-18(24)21-17-14(15(19)22)12-4-3-5-13(12)25-17/h6-9H,2-5H2,1H3,(H2,19,22)(H2,20,21,23,24). The number of thiocarbonyl (C=S) groups is 1. The van der Waals surface area contributed by atoms with Gasteiger partial charge in [0, 0.05) is 10.4 Å². The quantitative estimate of drug-likeness (QED) is 0.719. The largest absolute Gasteiger partial charge is 0.365 e. The number of carbonyl (C=O) groups excluding carboxylic acids is 2. The molecule has 0 aliphatic heterocycles. The van der Waals surface area contributed by atoms with E-state index in [1.54, 1.807) is 12.1 Å². The number of hydrogen-bond donors (Lipinski definition) is 3. The Labute approximate surface area is 155 Å². The van der Waals surface area contributed by atoms with Crippen LogP contribution in [0.4, 0.5) is 5.00 Å². The minimum Gasteiger partial charge on any atom is -0.365 e. The van der Waals surface area contributed by atoms with Gasteiger partial charge in [-0.2, -0.15) is 0 Å². The normalized spacial score (nSPS) is 12.5. The van der Waals surface area contributed by atoms with Gasteiger partial charge in [-0.25, -0.2) is 0 Å². The second-order valence-electron chi connectivity index (χ2n) is 5.88. The third kappa shape index (κ3) is 3.72. The summed E-state index contributed by atoms with van der Waals surface area (Å²) in [6.45, 7) is 2.06. The van der Waals surface area contributed by atoms with E-state index in [1.807, 2.05) is 12.1 Å². The van der Waals surface area contributed by atoms with Crippen LogP contribution < -0.4 is 16.4 Å². The number of nitrogens with two attached hydrogens (primary N) is 1. The van der Waals surface area contributed by atoms with Gasteiger partial charge in [0.05, 0.1) is 5.56 Å². The van der Waals surface area contributed by atoms with Crippen LogP contribution in [0.3, 0.4) is 0 Å². The van der Waals surface area contributed by atoms with Crippen molar-refractivity contribution in [3.63, 3.8) is 0 Å². The average molecular weight is 374 g/mol. The minimum atomic E-state index is -0.466. The second kappa shape index (κ2) is 7.33. The molecule has 0 saturated carbocycles. The molecule has 7 heteroatoms. The van der Waals surface area contributed by atoms with Crippen molar-refractivity contribution in [1.29, 1.82) is 0 Å². The van der Waals surface area contributed by atoms with Crippen molar-refractivity contribution in [3.05, 3.63) is 51.4 Å². The van der Waals surface area contributed by atoms with Gasteiger partial charge in [-0.05, 0) is 61.2 Å². The topological polar surface area (TPSA) is 84.2 Å². The first-order valence-electron chi connectivity index (χ1n) is 8.15. The van der Waals surface area contributed by atoms with Crippen molar-refractivity contribution < 1.29 is 9.59 Å². The molecule has 1 aromatic carbocycles. The van der Waals surface area contributed by atoms with Crippen LogP contribution in [0.5, 0.6) is 0 Å². The van der Waals surface area contributed by atoms with Gasteiger partial charge in [-0.15, -0.1) is 11.3 Å². The number of benzene rings is 1. The fourth-order valence-corrected chi connectivity index (χ4v) is 4.51. The number of carbonyl (C=O) groups is 2. The van der Waals surface area contributed by atoms with E-state index < -0.39 is 5.91 Å². The predicted molar refractivity (Wildman–Crippen MR) is 104 cm³/mol. The summed E-state index contributed by atoms with van der Waals surface area (Å²) in [6.07, 6.45) is 3.76. The van der Waals surface area contributed by atoms with Crippen LogP contribution in [0.15, 0.2) is 24.3 Å². The van der Waals surface area contributed by atoms with Crippen LogP contribution in [0.25, 0.3) is 0 Å². The van der Waals surface area contributed by atoms with Crippen molar-refractivity contribution in [2.24, 2.45) is 5.73 Å². The van der Waals surface area contributed by atoms with Gasteiger partial charge in [0.25, 0.3) is 11.8 Å². The Bertz CT molecular complexity index is 841. The first-order chi connectivity index (χ1) is 12.0. The van der Waals surface area contributed by atoms with E-state index >= 15 is 0 Å². The zero-order valence-electron chi connectivity index (χ0n) is 13.8. The van der Waals surface area contributed by atoms with Crippen LogP contribution in [-0.4, -0.2) is 16.9 Å². The molecular weight excluding hydrogens is 354 g/mol. The summed E-state index contributed by atoms with van der Waals surface area (Å²) in [5, 5.41) is 6.38. The van der Waals surface area contributed by atoms with Crippen molar-refractivity contribution in [2.75, 3.05) is 5.32 Å². The van der Waals surface area contributed by atoms with E-state index in [9.17, 15) is 9.59 Å². The molecular formula is C18H19N3O2S2. The lowest BCUT2D eigenvalue weighted by Gasteiger charge is -2.10. The maximum absolute atomic E-state index is 12.3. The number of hydrogen-bond acceptors (Lipinski definition) is 4. The van der Waals surface area contributed by atoms with E-state index in [2.05, 4.69) is 17.6 Å². The molecule has 130 valence electrons. The summed E-state index contributed by atoms with van der Waals surface area (Å²) in [6, 6.07) is 7.37. The Hall–Kier alpha value is -2.25. The molecule has 1 aliphatic carbocycles. The summed E-state index contributed by atoms with van der Waals surface area (Å²) < 4.78 is 0. The number of amides is 2. The first kappa shape index (κ1) is 17.6. The zero-order valence-corrected chi connectivity index (χ0v) is 15.5. The maximum Gasteiger partial charge on any atom is 0.257 e. The Morgan fingerprint density at radius 1 is 1.24 bits per heavy atom. The highest BCUT2D eigenvalue weighted by molar-refractivity contribution is 7.80. The van der Waals surface area contributed by atoms with E-state index in [0.29, 0.717) is 16.1 Å². The van der Waals surface area contributed by atoms with Gasteiger partial charge in [0.15, 0.2) is 5.11 Å². The Morgan fingerprint density at radius 2 is 1.96 bits per heavy atom. The van der Waals surface area contributed by atoms with Crippen LogP contribution in [0, 0.1) is 0 Å². The van der Waals surface area contributed by atoms with Crippen LogP contribution in [-0.2, 0) is 19.3 Å². The lowest BCUT2D eigenvalue weighted by atomic mass is 10.1. The molecule has 0 saturated heterocycles. The molecule has 0 radical (unpaired) electrons. The zero-order chi connectivity index (χ0) is 18.0. The summed E-state index contributed by atoms with van der Waals surface area (Å²) in [5.41, 5.74) is 8.74. The SMILES string of the molecule is CCc1ccc(C(=O)NC(=S)Nc2sc3c(c2C(N)=O)CCC3)cc1. The van der Waals surface area contributed by atoms with Gasteiger partial charge < -0.3 is 11.1 Å². The van der Waals surface area contributed by atoms with Crippen molar-refractivity contribution in [3.8, 4) is 0 Å². The maximum atomic E-state index is 12.3. The van der Waals surface area contributed by atoms with Crippen LogP contribution in [0.2, 0.25) is 0 Å². The Balaban J connectivity index is 1.70. The molecule has 1 aromatic heterocycles. The molecule has 0 unspecified atom stereocenters. The third-order valence-electron chi connectivity index (χ3n) is 4.25. The predicted octanol–water partition coefficient (Wildman–Crippen LogP) is 3.02. The highest BCUT2D eigenvalue weighted by Gasteiger charge is 2.25. The fourth-order valence-electron chi connectivity index (χ4n) is 2.95. The molecule has 25 heavy (non-hydrogen) atoms. The summed E-state index contributed by atoms with van der Waals surface area (Å²) in [4.78, 5) is 25.2. The summed E-state index contributed by atoms with van der Waals surface area (Å²) >= 11 is 6.71. The number of fused-ring (bicyclic) bond motifs is 1. The smallest absolute Gasteiger partial charge is 0.257 e. The van der Waals surface area contributed by atoms with Crippen LogP contribution in [0.1, 0.15) is 50.1 Å². The van der Waals surface area contributed by atoms with Gasteiger partial charge in [-0.1, -0.05) is 19.1 Å². The van der Waals surface area contributed by atoms with Gasteiger partial charge in [0.1, 0.15) is 5.00 Å². The summed E-state index contributed by atoms with van der Waals surface area (Å²) in [5.74, 6) is -0.754. The number of anilines is 1. The molecule has 4 N–H and O–H groups in total. The minimum absolute atomic E-state index is 0.159. The van der Waals surface area contributed by atoms with E-state index in [-0.39, 0.29) is 11.0 Å². The summed E-state index contributed by atoms with van der Waals surface area (Å²) in [7, 11) is 0. The number of aryl methyl sites for hydroxylation is 2. The van der Waals surface area contributed by atoms with Crippen molar-refractivity contribution in [1.82, 2.24) is 5.32 Å². The monoisotopic (exact) mass is 373 g/mol. The lowest BCUT2D eigenvalue weighted by Crippen LogP contribution is -2.34. The van der Waals surface area contributed by atoms with E-state index in [1.165, 1.54) is 16.2 Å². The third-order valence-corrected chi connectivity index (χ3v) is 5.66. The van der Waals surface area contributed by atoms with E-state index in [4.69, 9.17) is 18.0 Å². The van der Waals surface area contributed by atoms with Gasteiger partial charge in [0.2, 0.25) is 0 Å². The van der Waals surface area contributed by atoms with Crippen LogP contribution >= 0.6 is 23.6 Å². The molecule has 0 atom stereocenters. The molecule has 5 nitrogen and oxygen atoms in total. The Kier molecular flexibility index (Phi) is 5.15. The fraction of sp³-hybridized carbons (Fsp3) is 0.278. The number of nitrogens with one attached hydrogen (secondary N) is 2. The number of thiophene rings is 1. The van der Waals surface area contributed by atoms with Gasteiger partial charge in [-0.3, -0.25) is 14.9 Å². The second-order valence-corrected chi connectivity index (χ2v) is 7.40. The molecule has 0 bridgehead atoms. The molecule has 0 fully saturated rings. The van der Waals surface area contributed by atoms with Crippen molar-refractivity contribution in [2.45, 2.75) is 32.6 Å². The highest BCUT2D eigenvalue weighted by atomic mass is 32.1. The van der Waals surface area contributed by atoms with Crippen molar-refractivity contribution >= 4 is 45.5 Å². The molecule has 2 amide bonds. The Morgan fingerprint density at radius 3 is 2.60 bits per heavy atom. The highest BCUT2D eigenvalue weighted by Crippen LogP contribution is 2.38. The molecule has 1 aliphatic rings. The molecule has 1 heterocycles. The lowest BCUT2D eigenvalue weighted by molar-refractivity contribution is 0.0975. The molecule has 2 aromatic rings. The first-order valence-corrected chi connectivity index (χ1v) is 9.37.